The van der Waals surface area contributed by atoms with Gasteiger partial charge in [-0.15, -0.1) is 0 Å². The molecule has 0 unspecified atom stereocenters. The fourth-order valence-corrected chi connectivity index (χ4v) is 1.60. The topological polar surface area (TPSA) is 64.7 Å². The van der Waals surface area contributed by atoms with Crippen molar-refractivity contribution < 1.29 is 0 Å². The third kappa shape index (κ3) is 2.41. The number of nitrogen functional groups attached to an aromatic ring is 1. The van der Waals surface area contributed by atoms with Gasteiger partial charge in [0.1, 0.15) is 5.82 Å². The van der Waals surface area contributed by atoms with Gasteiger partial charge in [-0.05, 0) is 24.5 Å². The zero-order chi connectivity index (χ0) is 12.4. The first-order valence-electron chi connectivity index (χ1n) is 5.63. The van der Waals surface area contributed by atoms with E-state index in [9.17, 15) is 0 Å². The Hall–Kier alpha value is -1.97. The number of nitrogens with two attached hydrogens (primary N) is 1. The fourth-order valence-electron chi connectivity index (χ4n) is 1.60. The SMILES string of the molecule is Cc1ccncc1-c1nc(N)cc(C(C)C)n1. The van der Waals surface area contributed by atoms with Crippen molar-refractivity contribution in [1.82, 2.24) is 15.0 Å². The van der Waals surface area contributed by atoms with Crippen molar-refractivity contribution in [3.8, 4) is 11.4 Å². The van der Waals surface area contributed by atoms with E-state index in [1.807, 2.05) is 19.1 Å². The Morgan fingerprint density at radius 3 is 2.65 bits per heavy atom. The summed E-state index contributed by atoms with van der Waals surface area (Å²) < 4.78 is 0. The summed E-state index contributed by atoms with van der Waals surface area (Å²) in [5.41, 5.74) is 8.80. The van der Waals surface area contributed by atoms with Gasteiger partial charge in [0.2, 0.25) is 0 Å². The van der Waals surface area contributed by atoms with Crippen LogP contribution in [0.2, 0.25) is 0 Å². The molecule has 88 valence electrons. The third-order valence-electron chi connectivity index (χ3n) is 2.64. The van der Waals surface area contributed by atoms with Crippen molar-refractivity contribution >= 4 is 5.82 Å². The Labute approximate surface area is 101 Å². The highest BCUT2D eigenvalue weighted by Crippen LogP contribution is 2.22. The van der Waals surface area contributed by atoms with Crippen molar-refractivity contribution in [2.75, 3.05) is 5.73 Å². The van der Waals surface area contributed by atoms with Crippen LogP contribution in [-0.4, -0.2) is 15.0 Å². The molecule has 2 aromatic rings. The highest BCUT2D eigenvalue weighted by molar-refractivity contribution is 5.60. The Balaban J connectivity index is 2.56. The molecule has 17 heavy (non-hydrogen) atoms. The van der Waals surface area contributed by atoms with E-state index >= 15 is 0 Å². The van der Waals surface area contributed by atoms with Gasteiger partial charge in [-0.25, -0.2) is 9.97 Å². The Morgan fingerprint density at radius 2 is 2.00 bits per heavy atom. The molecule has 4 nitrogen and oxygen atoms in total. The minimum absolute atomic E-state index is 0.330. The number of hydrogen-bond donors (Lipinski definition) is 1. The van der Waals surface area contributed by atoms with Crippen molar-refractivity contribution in [2.45, 2.75) is 26.7 Å². The molecular formula is C13H16N4. The maximum Gasteiger partial charge on any atom is 0.163 e. The number of rotatable bonds is 2. The lowest BCUT2D eigenvalue weighted by molar-refractivity contribution is 0.818. The van der Waals surface area contributed by atoms with Crippen LogP contribution in [0.5, 0.6) is 0 Å². The summed E-state index contributed by atoms with van der Waals surface area (Å²) in [6.07, 6.45) is 3.53. The molecule has 2 heterocycles. The number of anilines is 1. The van der Waals surface area contributed by atoms with E-state index in [1.54, 1.807) is 12.4 Å². The van der Waals surface area contributed by atoms with E-state index < -0.39 is 0 Å². The highest BCUT2D eigenvalue weighted by Gasteiger charge is 2.09. The lowest BCUT2D eigenvalue weighted by atomic mass is 10.1. The average Bonchev–Trinajstić information content (AvgIpc) is 2.28. The van der Waals surface area contributed by atoms with E-state index in [0.717, 1.165) is 16.8 Å². The summed E-state index contributed by atoms with van der Waals surface area (Å²) in [7, 11) is 0. The number of hydrogen-bond acceptors (Lipinski definition) is 4. The average molecular weight is 228 g/mol. The van der Waals surface area contributed by atoms with Crippen LogP contribution in [0.1, 0.15) is 31.0 Å². The van der Waals surface area contributed by atoms with Crippen LogP contribution in [0.3, 0.4) is 0 Å². The van der Waals surface area contributed by atoms with E-state index in [4.69, 9.17) is 5.73 Å². The first kappa shape index (κ1) is 11.5. The van der Waals surface area contributed by atoms with Crippen LogP contribution in [0.4, 0.5) is 5.82 Å². The Kier molecular flexibility index (Phi) is 3.04. The normalized spacial score (nSPS) is 10.8. The van der Waals surface area contributed by atoms with Gasteiger partial charge in [-0.2, -0.15) is 0 Å². The molecule has 0 spiro atoms. The van der Waals surface area contributed by atoms with E-state index in [-0.39, 0.29) is 0 Å². The molecule has 0 bridgehead atoms. The molecule has 0 saturated heterocycles. The van der Waals surface area contributed by atoms with E-state index in [0.29, 0.717) is 17.6 Å². The lowest BCUT2D eigenvalue weighted by Gasteiger charge is -2.09. The molecule has 0 aromatic carbocycles. The van der Waals surface area contributed by atoms with Crippen molar-refractivity contribution in [3.63, 3.8) is 0 Å². The molecule has 4 heteroatoms. The van der Waals surface area contributed by atoms with Gasteiger partial charge in [0, 0.05) is 29.7 Å². The van der Waals surface area contributed by atoms with Crippen LogP contribution in [0.15, 0.2) is 24.5 Å². The van der Waals surface area contributed by atoms with Gasteiger partial charge in [0.05, 0.1) is 0 Å². The van der Waals surface area contributed by atoms with Crippen LogP contribution in [-0.2, 0) is 0 Å². The first-order valence-corrected chi connectivity index (χ1v) is 5.63. The minimum Gasteiger partial charge on any atom is -0.384 e. The zero-order valence-electron chi connectivity index (χ0n) is 10.3. The second-order valence-corrected chi connectivity index (χ2v) is 4.39. The molecule has 0 radical (unpaired) electrons. The largest absolute Gasteiger partial charge is 0.384 e. The molecule has 2 N–H and O–H groups in total. The standard InChI is InChI=1S/C13H16N4/c1-8(2)11-6-12(14)17-13(16-11)10-7-15-5-4-9(10)3/h4-8H,1-3H3,(H2,14,16,17). The summed E-state index contributed by atoms with van der Waals surface area (Å²) in [6, 6.07) is 3.76. The summed E-state index contributed by atoms with van der Waals surface area (Å²) >= 11 is 0. The summed E-state index contributed by atoms with van der Waals surface area (Å²) in [4.78, 5) is 12.9. The molecule has 0 aliphatic heterocycles. The maximum atomic E-state index is 5.81. The molecule has 2 aromatic heterocycles. The molecule has 0 atom stereocenters. The van der Waals surface area contributed by atoms with Crippen LogP contribution in [0.25, 0.3) is 11.4 Å². The van der Waals surface area contributed by atoms with Crippen LogP contribution < -0.4 is 5.73 Å². The van der Waals surface area contributed by atoms with E-state index in [2.05, 4.69) is 28.8 Å². The monoisotopic (exact) mass is 228 g/mol. The lowest BCUT2D eigenvalue weighted by Crippen LogP contribution is -2.02. The predicted molar refractivity (Wildman–Crippen MR) is 68.5 cm³/mol. The molecular weight excluding hydrogens is 212 g/mol. The van der Waals surface area contributed by atoms with Crippen molar-refractivity contribution in [3.05, 3.63) is 35.8 Å². The number of pyridine rings is 1. The second kappa shape index (κ2) is 4.49. The number of aromatic nitrogens is 3. The summed E-state index contributed by atoms with van der Waals surface area (Å²) in [5.74, 6) is 1.48. The van der Waals surface area contributed by atoms with Gasteiger partial charge >= 0.3 is 0 Å². The summed E-state index contributed by atoms with van der Waals surface area (Å²) in [5, 5.41) is 0. The second-order valence-electron chi connectivity index (χ2n) is 4.39. The minimum atomic E-state index is 0.330. The number of aryl methyl sites for hydroxylation is 1. The van der Waals surface area contributed by atoms with Gasteiger partial charge in [-0.3, -0.25) is 4.98 Å². The molecule has 0 aliphatic rings. The van der Waals surface area contributed by atoms with Gasteiger partial charge in [0.25, 0.3) is 0 Å². The number of nitrogens with zero attached hydrogens (tertiary/aromatic N) is 3. The third-order valence-corrected chi connectivity index (χ3v) is 2.64. The van der Waals surface area contributed by atoms with Crippen LogP contribution in [0, 0.1) is 6.92 Å². The van der Waals surface area contributed by atoms with Gasteiger partial charge in [-0.1, -0.05) is 13.8 Å². The summed E-state index contributed by atoms with van der Waals surface area (Å²) in [6.45, 7) is 6.18. The van der Waals surface area contributed by atoms with Crippen molar-refractivity contribution in [2.24, 2.45) is 0 Å². The maximum absolute atomic E-state index is 5.81. The van der Waals surface area contributed by atoms with Crippen LogP contribution >= 0.6 is 0 Å². The zero-order valence-corrected chi connectivity index (χ0v) is 10.3. The first-order chi connectivity index (χ1) is 8.08. The fraction of sp³-hybridized carbons (Fsp3) is 0.308. The van der Waals surface area contributed by atoms with Gasteiger partial charge < -0.3 is 5.73 Å². The smallest absolute Gasteiger partial charge is 0.163 e. The predicted octanol–water partition coefficient (Wildman–Crippen LogP) is 2.55. The molecule has 0 aliphatic carbocycles. The molecule has 0 saturated carbocycles. The van der Waals surface area contributed by atoms with Crippen molar-refractivity contribution in [1.29, 1.82) is 0 Å². The molecule has 0 fully saturated rings. The molecule has 0 amide bonds. The molecule has 2 rings (SSSR count). The van der Waals surface area contributed by atoms with Gasteiger partial charge in [0.15, 0.2) is 5.82 Å². The quantitative estimate of drug-likeness (QED) is 0.857. The Bertz CT molecular complexity index is 535. The Morgan fingerprint density at radius 1 is 1.24 bits per heavy atom. The highest BCUT2D eigenvalue weighted by atomic mass is 14.9. The van der Waals surface area contributed by atoms with E-state index in [1.165, 1.54) is 0 Å².